The molecule has 0 radical (unpaired) electrons. The topological polar surface area (TPSA) is 70.4 Å². The molecule has 6 heteroatoms. The molecule has 0 fully saturated rings. The van der Waals surface area contributed by atoms with E-state index >= 15 is 0 Å². The number of ether oxygens (including phenoxy) is 2. The summed E-state index contributed by atoms with van der Waals surface area (Å²) in [5, 5.41) is 0.410. The van der Waals surface area contributed by atoms with Crippen molar-refractivity contribution in [3.63, 3.8) is 0 Å². The van der Waals surface area contributed by atoms with Gasteiger partial charge in [0, 0.05) is 31.6 Å². The lowest BCUT2D eigenvalue weighted by Crippen LogP contribution is -2.21. The number of fused-ring (bicyclic) bond motifs is 2. The number of aryl methyl sites for hydroxylation is 1. The number of hydrogen-bond acceptors (Lipinski definition) is 5. The Bertz CT molecular complexity index is 1080. The van der Waals surface area contributed by atoms with E-state index in [0.717, 1.165) is 12.8 Å². The summed E-state index contributed by atoms with van der Waals surface area (Å²) in [4.78, 5) is 29.5. The van der Waals surface area contributed by atoms with Crippen molar-refractivity contribution in [2.45, 2.75) is 39.3 Å². The van der Waals surface area contributed by atoms with Crippen LogP contribution in [0.5, 0.6) is 5.88 Å². The van der Waals surface area contributed by atoms with Crippen LogP contribution in [-0.4, -0.2) is 28.2 Å². The molecule has 0 amide bonds. The molecule has 6 nitrogen and oxygen atoms in total. The molecule has 0 N–H and O–H groups in total. The number of rotatable bonds is 5. The van der Waals surface area contributed by atoms with Gasteiger partial charge in [0.15, 0.2) is 0 Å². The molecule has 1 aromatic carbocycles. The van der Waals surface area contributed by atoms with E-state index in [9.17, 15) is 9.59 Å². The fourth-order valence-corrected chi connectivity index (χ4v) is 3.72. The Kier molecular flexibility index (Phi) is 4.86. The summed E-state index contributed by atoms with van der Waals surface area (Å²) in [7, 11) is 0. The zero-order valence-corrected chi connectivity index (χ0v) is 16.0. The summed E-state index contributed by atoms with van der Waals surface area (Å²) in [5.74, 6) is -0.215. The second-order valence-electron chi connectivity index (χ2n) is 6.83. The van der Waals surface area contributed by atoms with Crippen molar-refractivity contribution in [2.75, 3.05) is 6.61 Å². The molecule has 0 spiro atoms. The van der Waals surface area contributed by atoms with E-state index in [1.54, 1.807) is 25.4 Å². The van der Waals surface area contributed by atoms with Gasteiger partial charge >= 0.3 is 5.97 Å². The fourth-order valence-electron chi connectivity index (χ4n) is 3.72. The van der Waals surface area contributed by atoms with Gasteiger partial charge in [-0.05, 0) is 25.0 Å². The van der Waals surface area contributed by atoms with Gasteiger partial charge in [0.25, 0.3) is 0 Å². The van der Waals surface area contributed by atoms with Gasteiger partial charge in [-0.2, -0.15) is 0 Å². The smallest absolute Gasteiger partial charge is 0.343 e. The summed E-state index contributed by atoms with van der Waals surface area (Å²) in [6.07, 6.45) is 4.80. The van der Waals surface area contributed by atoms with Crippen molar-refractivity contribution in [3.8, 4) is 5.88 Å². The first-order chi connectivity index (χ1) is 13.6. The Morgan fingerprint density at radius 1 is 1.21 bits per heavy atom. The lowest BCUT2D eigenvalue weighted by atomic mass is 10.1. The van der Waals surface area contributed by atoms with E-state index in [0.29, 0.717) is 23.3 Å². The van der Waals surface area contributed by atoms with E-state index in [4.69, 9.17) is 9.47 Å². The highest BCUT2D eigenvalue weighted by Gasteiger charge is 2.23. The van der Waals surface area contributed by atoms with Crippen LogP contribution in [0.4, 0.5) is 0 Å². The molecule has 0 saturated heterocycles. The molecule has 4 rings (SSSR count). The maximum atomic E-state index is 12.9. The summed E-state index contributed by atoms with van der Waals surface area (Å²) in [6, 6.07) is 9.91. The number of carbonyl (C=O) groups excluding carboxylic acids is 1. The maximum Gasteiger partial charge on any atom is 0.343 e. The van der Waals surface area contributed by atoms with E-state index in [-0.39, 0.29) is 23.7 Å². The summed E-state index contributed by atoms with van der Waals surface area (Å²) >= 11 is 0. The Morgan fingerprint density at radius 3 is 2.57 bits per heavy atom. The Morgan fingerprint density at radius 2 is 1.93 bits per heavy atom. The van der Waals surface area contributed by atoms with Crippen molar-refractivity contribution in [2.24, 2.45) is 0 Å². The van der Waals surface area contributed by atoms with Gasteiger partial charge in [0.05, 0.1) is 23.7 Å². The highest BCUT2D eigenvalue weighted by Crippen LogP contribution is 2.26. The molecule has 0 aliphatic heterocycles. The third-order valence-corrected chi connectivity index (χ3v) is 5.08. The van der Waals surface area contributed by atoms with Crippen molar-refractivity contribution in [3.05, 3.63) is 69.6 Å². The molecule has 144 valence electrons. The first-order valence-electron chi connectivity index (χ1n) is 9.54. The van der Waals surface area contributed by atoms with Crippen molar-refractivity contribution in [1.82, 2.24) is 9.55 Å². The largest absolute Gasteiger partial charge is 0.474 e. The standard InChI is InChI=1S/C22H22N2O4/c1-3-24-13-18(22(26)27-4-2)21(25)17-11-20(23-12-19(17)24)28-16-9-14-7-5-6-8-15(14)10-16/h5-8,11-13,16H,3-4,9-10H2,1-2H3. The third-order valence-electron chi connectivity index (χ3n) is 5.08. The third kappa shape index (κ3) is 3.26. The molecule has 3 aromatic rings. The second-order valence-corrected chi connectivity index (χ2v) is 6.83. The summed E-state index contributed by atoms with van der Waals surface area (Å²) in [5.41, 5.74) is 2.90. The van der Waals surface area contributed by atoms with Gasteiger partial charge in [0.2, 0.25) is 11.3 Å². The average Bonchev–Trinajstić information content (AvgIpc) is 3.11. The normalized spacial score (nSPS) is 13.5. The molecule has 0 bridgehead atoms. The number of pyridine rings is 2. The molecular formula is C22H22N2O4. The van der Waals surface area contributed by atoms with E-state index in [1.165, 1.54) is 11.1 Å². The molecule has 0 saturated carbocycles. The van der Waals surface area contributed by atoms with Gasteiger partial charge in [0.1, 0.15) is 11.7 Å². The minimum absolute atomic E-state index is 0.0102. The van der Waals surface area contributed by atoms with Crippen LogP contribution in [0.2, 0.25) is 0 Å². The van der Waals surface area contributed by atoms with Crippen LogP contribution in [0.25, 0.3) is 10.9 Å². The minimum Gasteiger partial charge on any atom is -0.474 e. The van der Waals surface area contributed by atoms with E-state index < -0.39 is 5.97 Å². The monoisotopic (exact) mass is 378 g/mol. The molecule has 2 aromatic heterocycles. The van der Waals surface area contributed by atoms with Crippen molar-refractivity contribution >= 4 is 16.9 Å². The predicted octanol–water partition coefficient (Wildman–Crippen LogP) is 3.14. The van der Waals surface area contributed by atoms with E-state index in [1.807, 2.05) is 23.6 Å². The molecule has 2 heterocycles. The van der Waals surface area contributed by atoms with Crippen LogP contribution < -0.4 is 10.2 Å². The van der Waals surface area contributed by atoms with Gasteiger partial charge in [-0.1, -0.05) is 24.3 Å². The number of benzene rings is 1. The second kappa shape index (κ2) is 7.46. The van der Waals surface area contributed by atoms with Gasteiger partial charge in [-0.25, -0.2) is 9.78 Å². The molecule has 1 aliphatic carbocycles. The predicted molar refractivity (Wildman–Crippen MR) is 106 cm³/mol. The molecule has 0 unspecified atom stereocenters. The highest BCUT2D eigenvalue weighted by atomic mass is 16.5. The van der Waals surface area contributed by atoms with Crippen LogP contribution in [-0.2, 0) is 24.1 Å². The van der Waals surface area contributed by atoms with Gasteiger partial charge in [-0.3, -0.25) is 4.79 Å². The first kappa shape index (κ1) is 18.2. The van der Waals surface area contributed by atoms with Crippen molar-refractivity contribution in [1.29, 1.82) is 0 Å². The Labute approximate surface area is 162 Å². The lowest BCUT2D eigenvalue weighted by Gasteiger charge is -2.14. The number of esters is 1. The molecule has 1 aliphatic rings. The zero-order valence-electron chi connectivity index (χ0n) is 16.0. The van der Waals surface area contributed by atoms with E-state index in [2.05, 4.69) is 17.1 Å². The Balaban J connectivity index is 1.69. The van der Waals surface area contributed by atoms with Crippen LogP contribution in [0.3, 0.4) is 0 Å². The van der Waals surface area contributed by atoms with Crippen LogP contribution >= 0.6 is 0 Å². The van der Waals surface area contributed by atoms with Crippen LogP contribution in [0.15, 0.2) is 47.5 Å². The first-order valence-corrected chi connectivity index (χ1v) is 9.54. The summed E-state index contributed by atoms with van der Waals surface area (Å²) in [6.45, 7) is 4.48. The quantitative estimate of drug-likeness (QED) is 0.638. The summed E-state index contributed by atoms with van der Waals surface area (Å²) < 4.78 is 12.9. The number of nitrogens with zero attached hydrogens (tertiary/aromatic N) is 2. The fraction of sp³-hybridized carbons (Fsp3) is 0.318. The van der Waals surface area contributed by atoms with Gasteiger partial charge in [-0.15, -0.1) is 0 Å². The molecule has 0 atom stereocenters. The maximum absolute atomic E-state index is 12.9. The highest BCUT2D eigenvalue weighted by molar-refractivity contribution is 5.93. The minimum atomic E-state index is -0.609. The van der Waals surface area contributed by atoms with Crippen LogP contribution in [0.1, 0.15) is 35.3 Å². The Hall–Kier alpha value is -3.15. The number of hydrogen-bond donors (Lipinski definition) is 0. The zero-order chi connectivity index (χ0) is 19.7. The molecular weight excluding hydrogens is 356 g/mol. The van der Waals surface area contributed by atoms with Gasteiger partial charge < -0.3 is 14.0 Å². The molecule has 28 heavy (non-hydrogen) atoms. The SMILES string of the molecule is CCOC(=O)c1cn(CC)c2cnc(OC3Cc4ccccc4C3)cc2c1=O. The lowest BCUT2D eigenvalue weighted by molar-refractivity contribution is 0.0524. The van der Waals surface area contributed by atoms with Crippen LogP contribution in [0, 0.1) is 0 Å². The van der Waals surface area contributed by atoms with Crippen molar-refractivity contribution < 1.29 is 14.3 Å². The number of aromatic nitrogens is 2. The average molecular weight is 378 g/mol. The number of carbonyl (C=O) groups is 1.